The van der Waals surface area contributed by atoms with Crippen LogP contribution in [0, 0.1) is 12.8 Å². The molecule has 6 nitrogen and oxygen atoms in total. The van der Waals surface area contributed by atoms with E-state index in [4.69, 9.17) is 9.47 Å². The molecule has 1 atom stereocenters. The second kappa shape index (κ2) is 7.40. The normalized spacial score (nSPS) is 16.6. The third-order valence-electron chi connectivity index (χ3n) is 4.84. The van der Waals surface area contributed by atoms with Crippen molar-refractivity contribution in [3.63, 3.8) is 0 Å². The summed E-state index contributed by atoms with van der Waals surface area (Å²) in [6.07, 6.45) is 1.03. The fourth-order valence-corrected chi connectivity index (χ4v) is 3.31. The fourth-order valence-electron chi connectivity index (χ4n) is 3.31. The zero-order valence-electron chi connectivity index (χ0n) is 15.6. The molecule has 1 aliphatic heterocycles. The molecule has 0 bridgehead atoms. The lowest BCUT2D eigenvalue weighted by atomic mass is 10.1. The number of fused-ring (bicyclic) bond motifs is 1. The highest BCUT2D eigenvalue weighted by Crippen LogP contribution is 2.28. The molecule has 2 heterocycles. The Morgan fingerprint density at radius 1 is 1.33 bits per heavy atom. The van der Waals surface area contributed by atoms with Gasteiger partial charge in [-0.05, 0) is 43.7 Å². The van der Waals surface area contributed by atoms with Crippen LogP contribution in [0.4, 0.5) is 5.69 Å². The van der Waals surface area contributed by atoms with Crippen molar-refractivity contribution in [2.24, 2.45) is 13.0 Å². The van der Waals surface area contributed by atoms with Crippen LogP contribution in [-0.2, 0) is 11.8 Å². The summed E-state index contributed by atoms with van der Waals surface area (Å²) in [5.74, 6) is 0.920. The molecule has 1 fully saturated rings. The van der Waals surface area contributed by atoms with E-state index in [-0.39, 0.29) is 5.91 Å². The van der Waals surface area contributed by atoms with Crippen LogP contribution in [0.5, 0.6) is 5.88 Å². The lowest BCUT2D eigenvalue weighted by Gasteiger charge is -2.08. The summed E-state index contributed by atoms with van der Waals surface area (Å²) in [6, 6.07) is 13.3. The molecule has 27 heavy (non-hydrogen) atoms. The van der Waals surface area contributed by atoms with E-state index in [0.717, 1.165) is 41.8 Å². The Bertz CT molecular complexity index is 974. The lowest BCUT2D eigenvalue weighted by molar-refractivity contribution is 0.102. The molecule has 6 heteroatoms. The molecule has 140 valence electrons. The van der Waals surface area contributed by atoms with E-state index in [2.05, 4.69) is 10.4 Å². The van der Waals surface area contributed by atoms with Gasteiger partial charge in [0, 0.05) is 30.8 Å². The van der Waals surface area contributed by atoms with E-state index >= 15 is 0 Å². The van der Waals surface area contributed by atoms with Gasteiger partial charge >= 0.3 is 0 Å². The summed E-state index contributed by atoms with van der Waals surface area (Å²) in [7, 11) is 1.88. The molecule has 3 aromatic rings. The van der Waals surface area contributed by atoms with Gasteiger partial charge in [0.15, 0.2) is 0 Å². The Hall–Kier alpha value is -2.86. The van der Waals surface area contributed by atoms with Crippen molar-refractivity contribution in [2.75, 3.05) is 25.1 Å². The Morgan fingerprint density at radius 3 is 3.00 bits per heavy atom. The van der Waals surface area contributed by atoms with Crippen LogP contribution < -0.4 is 10.1 Å². The van der Waals surface area contributed by atoms with Gasteiger partial charge in [0.25, 0.3) is 5.91 Å². The number of ether oxygens (including phenoxy) is 2. The van der Waals surface area contributed by atoms with Gasteiger partial charge < -0.3 is 14.8 Å². The Labute approximate surface area is 158 Å². The molecule has 0 spiro atoms. The predicted octanol–water partition coefficient (Wildman–Crippen LogP) is 3.55. The SMILES string of the molecule is Cc1cccc(C(=O)Nc2ccc3c(OCC4CCOC4)nn(C)c3c2)c1. The largest absolute Gasteiger partial charge is 0.476 e. The summed E-state index contributed by atoms with van der Waals surface area (Å²) in [5, 5.41) is 8.37. The highest BCUT2D eigenvalue weighted by atomic mass is 16.5. The van der Waals surface area contributed by atoms with E-state index in [9.17, 15) is 4.79 Å². The number of carbonyl (C=O) groups excluding carboxylic acids is 1. The number of hydrogen-bond donors (Lipinski definition) is 1. The summed E-state index contributed by atoms with van der Waals surface area (Å²) >= 11 is 0. The smallest absolute Gasteiger partial charge is 0.255 e. The van der Waals surface area contributed by atoms with E-state index in [1.165, 1.54) is 0 Å². The van der Waals surface area contributed by atoms with Crippen molar-refractivity contribution in [1.29, 1.82) is 0 Å². The highest BCUT2D eigenvalue weighted by Gasteiger charge is 2.18. The number of anilines is 1. The lowest BCUT2D eigenvalue weighted by Crippen LogP contribution is -2.12. The molecule has 1 amide bonds. The van der Waals surface area contributed by atoms with Crippen molar-refractivity contribution in [2.45, 2.75) is 13.3 Å². The second-order valence-electron chi connectivity index (χ2n) is 7.02. The third kappa shape index (κ3) is 3.80. The monoisotopic (exact) mass is 365 g/mol. The van der Waals surface area contributed by atoms with Gasteiger partial charge in [-0.15, -0.1) is 5.10 Å². The van der Waals surface area contributed by atoms with Crippen LogP contribution in [0.15, 0.2) is 42.5 Å². The number of carbonyl (C=O) groups is 1. The zero-order valence-corrected chi connectivity index (χ0v) is 15.6. The van der Waals surface area contributed by atoms with E-state index in [0.29, 0.717) is 24.0 Å². The number of rotatable bonds is 5. The first-order valence-corrected chi connectivity index (χ1v) is 9.15. The Kier molecular flexibility index (Phi) is 4.81. The fraction of sp³-hybridized carbons (Fsp3) is 0.333. The average molecular weight is 365 g/mol. The highest BCUT2D eigenvalue weighted by molar-refractivity contribution is 6.05. The molecule has 0 aliphatic carbocycles. The molecule has 0 radical (unpaired) electrons. The number of amides is 1. The van der Waals surface area contributed by atoms with Crippen molar-refractivity contribution in [1.82, 2.24) is 9.78 Å². The number of aryl methyl sites for hydroxylation is 2. The van der Waals surface area contributed by atoms with Crippen LogP contribution >= 0.6 is 0 Å². The van der Waals surface area contributed by atoms with Crippen molar-refractivity contribution in [3.05, 3.63) is 53.6 Å². The molecule has 0 saturated carbocycles. The van der Waals surface area contributed by atoms with Gasteiger partial charge in [-0.25, -0.2) is 0 Å². The number of hydrogen-bond acceptors (Lipinski definition) is 4. The van der Waals surface area contributed by atoms with E-state index < -0.39 is 0 Å². The predicted molar refractivity (Wildman–Crippen MR) is 104 cm³/mol. The van der Waals surface area contributed by atoms with Gasteiger partial charge in [0.05, 0.1) is 24.1 Å². The maximum absolute atomic E-state index is 12.5. The minimum absolute atomic E-state index is 0.127. The third-order valence-corrected chi connectivity index (χ3v) is 4.84. The molecule has 1 saturated heterocycles. The summed E-state index contributed by atoms with van der Waals surface area (Å²) in [6.45, 7) is 4.14. The molecular formula is C21H23N3O3. The first-order chi connectivity index (χ1) is 13.1. The van der Waals surface area contributed by atoms with Crippen molar-refractivity contribution < 1.29 is 14.3 Å². The topological polar surface area (TPSA) is 65.4 Å². The number of nitrogens with one attached hydrogen (secondary N) is 1. The average Bonchev–Trinajstić information content (AvgIpc) is 3.28. The van der Waals surface area contributed by atoms with Crippen molar-refractivity contribution in [3.8, 4) is 5.88 Å². The quantitative estimate of drug-likeness (QED) is 0.751. The number of nitrogens with zero attached hydrogens (tertiary/aromatic N) is 2. The van der Waals surface area contributed by atoms with Gasteiger partial charge in [-0.1, -0.05) is 17.7 Å². The maximum atomic E-state index is 12.5. The molecule has 1 aliphatic rings. The van der Waals surface area contributed by atoms with Gasteiger partial charge in [0.1, 0.15) is 0 Å². The maximum Gasteiger partial charge on any atom is 0.255 e. The summed E-state index contributed by atoms with van der Waals surface area (Å²) < 4.78 is 13.1. The minimum atomic E-state index is -0.127. The van der Waals surface area contributed by atoms with Crippen LogP contribution in [-0.4, -0.2) is 35.5 Å². The summed E-state index contributed by atoms with van der Waals surface area (Å²) in [5.41, 5.74) is 3.34. The second-order valence-corrected chi connectivity index (χ2v) is 7.02. The number of benzene rings is 2. The summed E-state index contributed by atoms with van der Waals surface area (Å²) in [4.78, 5) is 12.5. The molecule has 2 aromatic carbocycles. The van der Waals surface area contributed by atoms with Crippen LogP contribution in [0.25, 0.3) is 10.9 Å². The molecule has 1 N–H and O–H groups in total. The van der Waals surface area contributed by atoms with E-state index in [1.807, 2.05) is 56.4 Å². The van der Waals surface area contributed by atoms with Gasteiger partial charge in [0.2, 0.25) is 5.88 Å². The standard InChI is InChI=1S/C21H23N3O3/c1-14-4-3-5-16(10-14)20(25)22-17-6-7-18-19(11-17)24(2)23-21(18)27-13-15-8-9-26-12-15/h3-7,10-11,15H,8-9,12-13H2,1-2H3,(H,22,25). The van der Waals surface area contributed by atoms with Crippen LogP contribution in [0.2, 0.25) is 0 Å². The van der Waals surface area contributed by atoms with E-state index in [1.54, 1.807) is 4.68 Å². The number of aromatic nitrogens is 2. The van der Waals surface area contributed by atoms with Crippen LogP contribution in [0.3, 0.4) is 0 Å². The Morgan fingerprint density at radius 2 is 2.22 bits per heavy atom. The molecular weight excluding hydrogens is 342 g/mol. The minimum Gasteiger partial charge on any atom is -0.476 e. The van der Waals surface area contributed by atoms with Crippen LogP contribution in [0.1, 0.15) is 22.3 Å². The molecule has 1 unspecified atom stereocenters. The molecule has 1 aromatic heterocycles. The first-order valence-electron chi connectivity index (χ1n) is 9.15. The molecule has 4 rings (SSSR count). The van der Waals surface area contributed by atoms with Crippen molar-refractivity contribution >= 4 is 22.5 Å². The van der Waals surface area contributed by atoms with Gasteiger partial charge in [-0.2, -0.15) is 0 Å². The Balaban J connectivity index is 1.52. The van der Waals surface area contributed by atoms with Gasteiger partial charge in [-0.3, -0.25) is 9.48 Å². The zero-order chi connectivity index (χ0) is 18.8. The first kappa shape index (κ1) is 17.5.